The summed E-state index contributed by atoms with van der Waals surface area (Å²) in [5.41, 5.74) is 7.62. The van der Waals surface area contributed by atoms with E-state index in [0.717, 1.165) is 33.8 Å². The predicted octanol–water partition coefficient (Wildman–Crippen LogP) is 5.27. The smallest absolute Gasteiger partial charge is 0.244 e. The van der Waals surface area contributed by atoms with E-state index in [0.29, 0.717) is 5.95 Å². The Balaban J connectivity index is 1.63. The van der Waals surface area contributed by atoms with Crippen LogP contribution in [0.25, 0.3) is 22.5 Å². The summed E-state index contributed by atoms with van der Waals surface area (Å²) in [4.78, 5) is 9.26. The monoisotopic (exact) mass is 380 g/mol. The van der Waals surface area contributed by atoms with Gasteiger partial charge in [0.05, 0.1) is 24.7 Å². The van der Waals surface area contributed by atoms with E-state index in [1.807, 2.05) is 91.0 Å². The minimum absolute atomic E-state index is 0.440. The van der Waals surface area contributed by atoms with Crippen molar-refractivity contribution in [2.75, 3.05) is 12.5 Å². The van der Waals surface area contributed by atoms with E-state index in [1.54, 1.807) is 13.3 Å². The molecule has 1 aromatic heterocycles. The van der Waals surface area contributed by atoms with Crippen LogP contribution in [0.15, 0.2) is 96.1 Å². The predicted molar refractivity (Wildman–Crippen MR) is 117 cm³/mol. The van der Waals surface area contributed by atoms with Crippen LogP contribution in [0.1, 0.15) is 5.56 Å². The normalized spacial score (nSPS) is 10.8. The number of hydrazone groups is 1. The van der Waals surface area contributed by atoms with Gasteiger partial charge in [0.2, 0.25) is 5.95 Å². The zero-order chi connectivity index (χ0) is 19.9. The van der Waals surface area contributed by atoms with Gasteiger partial charge in [-0.15, -0.1) is 0 Å². The fraction of sp³-hybridized carbons (Fsp3) is 0.0417. The summed E-state index contributed by atoms with van der Waals surface area (Å²) in [6.07, 6.45) is 1.72. The Morgan fingerprint density at radius 1 is 0.759 bits per heavy atom. The quantitative estimate of drug-likeness (QED) is 0.366. The van der Waals surface area contributed by atoms with Crippen LogP contribution < -0.4 is 10.2 Å². The van der Waals surface area contributed by atoms with Gasteiger partial charge < -0.3 is 4.74 Å². The Morgan fingerprint density at radius 2 is 1.31 bits per heavy atom. The molecular weight excluding hydrogens is 360 g/mol. The summed E-state index contributed by atoms with van der Waals surface area (Å²) in [6.45, 7) is 0. The topological polar surface area (TPSA) is 59.4 Å². The maximum Gasteiger partial charge on any atom is 0.244 e. The third-order valence-electron chi connectivity index (χ3n) is 4.36. The van der Waals surface area contributed by atoms with E-state index in [4.69, 9.17) is 4.74 Å². The first kappa shape index (κ1) is 18.4. The minimum Gasteiger partial charge on any atom is -0.497 e. The number of nitrogens with zero attached hydrogens (tertiary/aromatic N) is 3. The average Bonchev–Trinajstić information content (AvgIpc) is 2.80. The first-order chi connectivity index (χ1) is 14.3. The van der Waals surface area contributed by atoms with E-state index in [1.165, 1.54) is 0 Å². The molecule has 0 aliphatic rings. The van der Waals surface area contributed by atoms with Gasteiger partial charge in [-0.2, -0.15) is 5.10 Å². The second-order valence-electron chi connectivity index (χ2n) is 6.34. The highest BCUT2D eigenvalue weighted by Crippen LogP contribution is 2.25. The third-order valence-corrected chi connectivity index (χ3v) is 4.36. The van der Waals surface area contributed by atoms with Gasteiger partial charge in [0.25, 0.3) is 0 Å². The second-order valence-corrected chi connectivity index (χ2v) is 6.34. The Labute approximate surface area is 169 Å². The molecule has 0 fully saturated rings. The number of hydrogen-bond acceptors (Lipinski definition) is 5. The van der Waals surface area contributed by atoms with Crippen LogP contribution in [0.5, 0.6) is 5.75 Å². The lowest BCUT2D eigenvalue weighted by atomic mass is 10.1. The minimum atomic E-state index is 0.440. The highest BCUT2D eigenvalue weighted by Gasteiger charge is 2.08. The van der Waals surface area contributed by atoms with Crippen molar-refractivity contribution >= 4 is 12.2 Å². The zero-order valence-electron chi connectivity index (χ0n) is 16.0. The van der Waals surface area contributed by atoms with E-state index < -0.39 is 0 Å². The summed E-state index contributed by atoms with van der Waals surface area (Å²) in [5, 5.41) is 4.30. The summed E-state index contributed by atoms with van der Waals surface area (Å²) in [7, 11) is 1.64. The van der Waals surface area contributed by atoms with Crippen LogP contribution in [0.4, 0.5) is 5.95 Å². The van der Waals surface area contributed by atoms with Crippen LogP contribution in [0.3, 0.4) is 0 Å². The van der Waals surface area contributed by atoms with Crippen LogP contribution >= 0.6 is 0 Å². The van der Waals surface area contributed by atoms with Crippen molar-refractivity contribution in [2.45, 2.75) is 0 Å². The molecule has 0 saturated carbocycles. The van der Waals surface area contributed by atoms with Crippen molar-refractivity contribution in [1.29, 1.82) is 0 Å². The molecule has 0 bridgehead atoms. The van der Waals surface area contributed by atoms with Crippen LogP contribution in [-0.4, -0.2) is 23.3 Å². The zero-order valence-corrected chi connectivity index (χ0v) is 16.0. The van der Waals surface area contributed by atoms with Crippen molar-refractivity contribution in [3.8, 4) is 28.3 Å². The summed E-state index contributed by atoms with van der Waals surface area (Å²) in [5.74, 6) is 1.25. The number of benzene rings is 3. The molecule has 1 heterocycles. The van der Waals surface area contributed by atoms with Gasteiger partial charge in [0.15, 0.2) is 0 Å². The molecule has 0 saturated heterocycles. The molecule has 0 amide bonds. The molecule has 4 rings (SSSR count). The molecule has 29 heavy (non-hydrogen) atoms. The van der Waals surface area contributed by atoms with Gasteiger partial charge in [-0.3, -0.25) is 0 Å². The van der Waals surface area contributed by atoms with Crippen LogP contribution in [-0.2, 0) is 0 Å². The number of hydrogen-bond donors (Lipinski definition) is 1. The lowest BCUT2D eigenvalue weighted by Gasteiger charge is -2.08. The van der Waals surface area contributed by atoms with Crippen molar-refractivity contribution in [3.05, 3.63) is 96.6 Å². The number of methoxy groups -OCH3 is 1. The van der Waals surface area contributed by atoms with E-state index in [-0.39, 0.29) is 0 Å². The maximum atomic E-state index is 5.17. The number of aromatic nitrogens is 2. The molecule has 0 aliphatic heterocycles. The fourth-order valence-electron chi connectivity index (χ4n) is 2.87. The van der Waals surface area contributed by atoms with Crippen LogP contribution in [0.2, 0.25) is 0 Å². The molecule has 0 unspecified atom stereocenters. The standard InChI is InChI=1S/C24H20N4O/c1-29-21-14-12-18(13-15-21)17-25-28-24-26-22(19-8-4-2-5-9-19)16-23(27-24)20-10-6-3-7-11-20/h2-17H,1H3,(H,26,27,28)/b25-17-. The van der Waals surface area contributed by atoms with Crippen molar-refractivity contribution < 1.29 is 4.74 Å². The van der Waals surface area contributed by atoms with E-state index in [9.17, 15) is 0 Å². The molecule has 4 aromatic rings. The summed E-state index contributed by atoms with van der Waals surface area (Å²) < 4.78 is 5.17. The van der Waals surface area contributed by atoms with E-state index >= 15 is 0 Å². The molecule has 0 atom stereocenters. The number of ether oxygens (including phenoxy) is 1. The Kier molecular flexibility index (Phi) is 5.58. The van der Waals surface area contributed by atoms with Gasteiger partial charge in [-0.1, -0.05) is 60.7 Å². The van der Waals surface area contributed by atoms with Gasteiger partial charge in [0.1, 0.15) is 5.75 Å². The molecule has 0 aliphatic carbocycles. The van der Waals surface area contributed by atoms with Gasteiger partial charge >= 0.3 is 0 Å². The average molecular weight is 380 g/mol. The fourth-order valence-corrected chi connectivity index (χ4v) is 2.87. The van der Waals surface area contributed by atoms with Crippen molar-refractivity contribution in [1.82, 2.24) is 9.97 Å². The summed E-state index contributed by atoms with van der Waals surface area (Å²) >= 11 is 0. The molecule has 0 radical (unpaired) electrons. The SMILES string of the molecule is COc1ccc(/C=N\Nc2nc(-c3ccccc3)cc(-c3ccccc3)n2)cc1. The van der Waals surface area contributed by atoms with Gasteiger partial charge in [0, 0.05) is 11.1 Å². The lowest BCUT2D eigenvalue weighted by molar-refractivity contribution is 0.415. The molecule has 0 spiro atoms. The number of rotatable bonds is 6. The molecule has 1 N–H and O–H groups in total. The highest BCUT2D eigenvalue weighted by atomic mass is 16.5. The van der Waals surface area contributed by atoms with Gasteiger partial charge in [-0.05, 0) is 35.9 Å². The molecule has 5 heteroatoms. The number of nitrogens with one attached hydrogen (secondary N) is 1. The molecule has 3 aromatic carbocycles. The molecular formula is C24H20N4O. The van der Waals surface area contributed by atoms with Gasteiger partial charge in [-0.25, -0.2) is 15.4 Å². The molecule has 5 nitrogen and oxygen atoms in total. The third kappa shape index (κ3) is 4.65. The van der Waals surface area contributed by atoms with Crippen molar-refractivity contribution in [2.24, 2.45) is 5.10 Å². The van der Waals surface area contributed by atoms with Crippen LogP contribution in [0, 0.1) is 0 Å². The largest absolute Gasteiger partial charge is 0.497 e. The Morgan fingerprint density at radius 3 is 1.83 bits per heavy atom. The lowest BCUT2D eigenvalue weighted by Crippen LogP contribution is -2.00. The Hall–Kier alpha value is -3.99. The molecule has 142 valence electrons. The first-order valence-electron chi connectivity index (χ1n) is 9.25. The van der Waals surface area contributed by atoms with Crippen molar-refractivity contribution in [3.63, 3.8) is 0 Å². The highest BCUT2D eigenvalue weighted by molar-refractivity contribution is 5.80. The Bertz CT molecular complexity index is 1040. The number of anilines is 1. The summed E-state index contributed by atoms with van der Waals surface area (Å²) in [6, 6.07) is 29.7. The van der Waals surface area contributed by atoms with E-state index in [2.05, 4.69) is 20.5 Å². The maximum absolute atomic E-state index is 5.17. The first-order valence-corrected chi connectivity index (χ1v) is 9.25. The second kappa shape index (κ2) is 8.80.